The minimum Gasteiger partial charge on any atom is -0.505 e. The van der Waals surface area contributed by atoms with E-state index in [9.17, 15) is 27.5 Å². The second-order valence-electron chi connectivity index (χ2n) is 6.65. The summed E-state index contributed by atoms with van der Waals surface area (Å²) in [6.07, 6.45) is 3.40. The Bertz CT molecular complexity index is 1150. The van der Waals surface area contributed by atoms with Gasteiger partial charge in [-0.25, -0.2) is 17.8 Å². The average Bonchev–Trinajstić information content (AvgIpc) is 2.77. The Hall–Kier alpha value is -3.31. The third-order valence-electron chi connectivity index (χ3n) is 4.68. The van der Waals surface area contributed by atoms with Gasteiger partial charge in [-0.3, -0.25) is 9.59 Å². The molecule has 1 aliphatic rings. The van der Waals surface area contributed by atoms with Crippen molar-refractivity contribution in [1.29, 1.82) is 0 Å². The summed E-state index contributed by atoms with van der Waals surface area (Å²) < 4.78 is 44.4. The molecule has 1 aromatic carbocycles. The van der Waals surface area contributed by atoms with Crippen molar-refractivity contribution < 1.29 is 32.2 Å². The number of esters is 1. The predicted molar refractivity (Wildman–Crippen MR) is 108 cm³/mol. The van der Waals surface area contributed by atoms with Crippen LogP contribution in [0.25, 0.3) is 5.57 Å². The molecule has 1 amide bonds. The zero-order valence-electron chi connectivity index (χ0n) is 16.5. The number of aromatic hydroxyl groups is 1. The van der Waals surface area contributed by atoms with Crippen LogP contribution in [0.5, 0.6) is 5.75 Å². The van der Waals surface area contributed by atoms with Gasteiger partial charge in [-0.15, -0.1) is 0 Å². The molecule has 2 N–H and O–H groups in total. The van der Waals surface area contributed by atoms with Gasteiger partial charge in [-0.2, -0.15) is 4.31 Å². The lowest BCUT2D eigenvalue weighted by molar-refractivity contribution is -0.139. The fraction of sp³-hybridized carbons (Fsp3) is 0.250. The molecule has 0 saturated heterocycles. The number of aromatic nitrogens is 1. The molecule has 9 nitrogen and oxygen atoms in total. The minimum absolute atomic E-state index is 0.0658. The first kappa shape index (κ1) is 22.4. The summed E-state index contributed by atoms with van der Waals surface area (Å²) in [6, 6.07) is 6.17. The van der Waals surface area contributed by atoms with Gasteiger partial charge in [-0.1, -0.05) is 12.1 Å². The molecule has 31 heavy (non-hydrogen) atoms. The Morgan fingerprint density at radius 2 is 2.10 bits per heavy atom. The highest BCUT2D eigenvalue weighted by Gasteiger charge is 2.27. The normalized spacial score (nSPS) is 14.6. The van der Waals surface area contributed by atoms with E-state index < -0.39 is 27.7 Å². The lowest BCUT2D eigenvalue weighted by Crippen LogP contribution is -2.34. The fourth-order valence-corrected chi connectivity index (χ4v) is 4.43. The summed E-state index contributed by atoms with van der Waals surface area (Å²) in [7, 11) is -2.66. The van der Waals surface area contributed by atoms with Gasteiger partial charge in [0, 0.05) is 19.3 Å². The molecule has 0 atom stereocenters. The van der Waals surface area contributed by atoms with E-state index in [2.05, 4.69) is 15.0 Å². The number of benzene rings is 1. The van der Waals surface area contributed by atoms with E-state index in [0.29, 0.717) is 12.0 Å². The first-order valence-electron chi connectivity index (χ1n) is 9.21. The Morgan fingerprint density at radius 3 is 2.71 bits per heavy atom. The van der Waals surface area contributed by atoms with Gasteiger partial charge in [0.15, 0.2) is 5.69 Å². The molecule has 0 unspecified atom stereocenters. The summed E-state index contributed by atoms with van der Waals surface area (Å²) in [6.45, 7) is -0.137. The van der Waals surface area contributed by atoms with Crippen LogP contribution in [-0.2, 0) is 19.6 Å². The number of nitrogens with zero attached hydrogens (tertiary/aromatic N) is 2. The molecule has 0 saturated carbocycles. The maximum atomic E-state index is 13.4. The van der Waals surface area contributed by atoms with Crippen LogP contribution in [0.3, 0.4) is 0 Å². The molecule has 0 fully saturated rings. The van der Waals surface area contributed by atoms with Crippen molar-refractivity contribution in [3.05, 3.63) is 59.7 Å². The summed E-state index contributed by atoms with van der Waals surface area (Å²) in [5.41, 5.74) is 1.03. The van der Waals surface area contributed by atoms with Crippen molar-refractivity contribution in [1.82, 2.24) is 14.6 Å². The van der Waals surface area contributed by atoms with Crippen molar-refractivity contribution in [3.8, 4) is 5.75 Å². The third kappa shape index (κ3) is 5.06. The van der Waals surface area contributed by atoms with E-state index in [1.54, 1.807) is 6.08 Å². The van der Waals surface area contributed by atoms with Gasteiger partial charge in [0.1, 0.15) is 18.1 Å². The Labute approximate surface area is 178 Å². The number of pyridine rings is 1. The quantitative estimate of drug-likeness (QED) is 0.637. The molecular formula is C20H20FN3O6S. The second-order valence-corrected chi connectivity index (χ2v) is 8.59. The van der Waals surface area contributed by atoms with Crippen LogP contribution in [-0.4, -0.2) is 61.4 Å². The zero-order valence-corrected chi connectivity index (χ0v) is 17.4. The highest BCUT2D eigenvalue weighted by molar-refractivity contribution is 7.89. The predicted octanol–water partition coefficient (Wildman–Crippen LogP) is 1.31. The number of halogens is 1. The molecule has 3 rings (SSSR count). The van der Waals surface area contributed by atoms with Crippen molar-refractivity contribution in [2.45, 2.75) is 11.3 Å². The van der Waals surface area contributed by atoms with E-state index in [0.717, 1.165) is 11.6 Å². The molecular weight excluding hydrogens is 429 g/mol. The van der Waals surface area contributed by atoms with Gasteiger partial charge in [-0.05, 0) is 41.8 Å². The number of methoxy groups -OCH3 is 1. The van der Waals surface area contributed by atoms with E-state index in [4.69, 9.17) is 0 Å². The number of carbonyl (C=O) groups is 2. The smallest absolute Gasteiger partial charge is 0.325 e. The molecule has 0 radical (unpaired) electrons. The Balaban J connectivity index is 1.72. The summed E-state index contributed by atoms with van der Waals surface area (Å²) in [5, 5.41) is 12.4. The molecule has 1 aromatic heterocycles. The van der Waals surface area contributed by atoms with Crippen LogP contribution >= 0.6 is 0 Å². The lowest BCUT2D eigenvalue weighted by atomic mass is 10.0. The highest BCUT2D eigenvalue weighted by atomic mass is 32.2. The van der Waals surface area contributed by atoms with Crippen LogP contribution in [0.2, 0.25) is 0 Å². The molecule has 164 valence electrons. The third-order valence-corrected chi connectivity index (χ3v) is 6.54. The molecule has 2 aromatic rings. The SMILES string of the molecule is COC(=O)CNC(=O)c1ncc(C2=CCN(S(=O)(=O)c3cccc(F)c3)CC2)cc1O. The number of nitrogens with one attached hydrogen (secondary N) is 1. The van der Waals surface area contributed by atoms with Crippen molar-refractivity contribution in [3.63, 3.8) is 0 Å². The molecule has 0 bridgehead atoms. The topological polar surface area (TPSA) is 126 Å². The van der Waals surface area contributed by atoms with E-state index in [1.165, 1.54) is 41.9 Å². The van der Waals surface area contributed by atoms with Crippen LogP contribution in [0, 0.1) is 5.82 Å². The summed E-state index contributed by atoms with van der Waals surface area (Å²) >= 11 is 0. The molecule has 11 heteroatoms. The summed E-state index contributed by atoms with van der Waals surface area (Å²) in [5.74, 6) is -2.39. The van der Waals surface area contributed by atoms with Crippen molar-refractivity contribution in [2.24, 2.45) is 0 Å². The standard InChI is InChI=1S/C20H20FN3O6S/c1-30-18(26)12-23-20(27)19-17(25)9-14(11-22-19)13-5-7-24(8-6-13)31(28,29)16-4-2-3-15(21)10-16/h2-5,9-11,25H,6-8,12H2,1H3,(H,23,27). The zero-order chi connectivity index (χ0) is 22.6. The lowest BCUT2D eigenvalue weighted by Gasteiger charge is -2.26. The number of ether oxygens (including phenoxy) is 1. The summed E-state index contributed by atoms with van der Waals surface area (Å²) in [4.78, 5) is 27.0. The molecule has 0 aliphatic carbocycles. The highest BCUT2D eigenvalue weighted by Crippen LogP contribution is 2.28. The molecule has 2 heterocycles. The first-order valence-corrected chi connectivity index (χ1v) is 10.7. The van der Waals surface area contributed by atoms with Gasteiger partial charge < -0.3 is 15.2 Å². The van der Waals surface area contributed by atoms with Crippen LogP contribution in [0.1, 0.15) is 22.5 Å². The maximum Gasteiger partial charge on any atom is 0.325 e. The van der Waals surface area contributed by atoms with Crippen molar-refractivity contribution in [2.75, 3.05) is 26.7 Å². The van der Waals surface area contributed by atoms with Gasteiger partial charge in [0.2, 0.25) is 10.0 Å². The van der Waals surface area contributed by atoms with Crippen LogP contribution < -0.4 is 5.32 Å². The monoisotopic (exact) mass is 449 g/mol. The van der Waals surface area contributed by atoms with Crippen LogP contribution in [0.4, 0.5) is 4.39 Å². The number of amides is 1. The first-order chi connectivity index (χ1) is 14.7. The van der Waals surface area contributed by atoms with Crippen LogP contribution in [0.15, 0.2) is 47.5 Å². The number of sulfonamides is 1. The number of carbonyl (C=O) groups excluding carboxylic acids is 2. The fourth-order valence-electron chi connectivity index (χ4n) is 3.02. The minimum atomic E-state index is -3.84. The van der Waals surface area contributed by atoms with Gasteiger partial charge in [0.05, 0.1) is 12.0 Å². The number of rotatable bonds is 6. The molecule has 0 spiro atoms. The van der Waals surface area contributed by atoms with Crippen molar-refractivity contribution >= 4 is 27.5 Å². The maximum absolute atomic E-state index is 13.4. The molecule has 1 aliphatic heterocycles. The average molecular weight is 449 g/mol. The van der Waals surface area contributed by atoms with Gasteiger partial charge >= 0.3 is 5.97 Å². The van der Waals surface area contributed by atoms with Gasteiger partial charge in [0.25, 0.3) is 5.91 Å². The Morgan fingerprint density at radius 1 is 1.32 bits per heavy atom. The Kier molecular flexibility index (Phi) is 6.66. The number of hydrogen-bond donors (Lipinski definition) is 2. The largest absolute Gasteiger partial charge is 0.505 e. The van der Waals surface area contributed by atoms with E-state index in [1.807, 2.05) is 0 Å². The number of hydrogen-bond acceptors (Lipinski definition) is 7. The van der Waals surface area contributed by atoms with E-state index in [-0.39, 0.29) is 36.0 Å². The van der Waals surface area contributed by atoms with E-state index >= 15 is 0 Å². The second kappa shape index (κ2) is 9.23.